The highest BCUT2D eigenvalue weighted by Crippen LogP contribution is 2.22. The van der Waals surface area contributed by atoms with Crippen molar-refractivity contribution < 1.29 is 26.9 Å². The Balaban J connectivity index is 3.12. The van der Waals surface area contributed by atoms with Crippen molar-refractivity contribution in [3.63, 3.8) is 0 Å². The van der Waals surface area contributed by atoms with E-state index < -0.39 is 33.6 Å². The summed E-state index contributed by atoms with van der Waals surface area (Å²) < 4.78 is 48.7. The molecule has 1 N–H and O–H groups in total. The number of ether oxygens (including phenoxy) is 1. The number of carbonyl (C=O) groups is 1. The van der Waals surface area contributed by atoms with Crippen molar-refractivity contribution in [1.82, 2.24) is 0 Å². The van der Waals surface area contributed by atoms with Crippen molar-refractivity contribution >= 4 is 16.1 Å². The molecule has 0 fully saturated rings. The Kier molecular flexibility index (Phi) is 4.80. The smallest absolute Gasteiger partial charge is 0.314 e. The van der Waals surface area contributed by atoms with Crippen LogP contribution in [-0.2, 0) is 19.6 Å². The second kappa shape index (κ2) is 5.92. The second-order valence-electron chi connectivity index (χ2n) is 3.57. The van der Waals surface area contributed by atoms with E-state index in [0.29, 0.717) is 0 Å². The van der Waals surface area contributed by atoms with Crippen LogP contribution in [0.2, 0.25) is 0 Å². The van der Waals surface area contributed by atoms with Gasteiger partial charge in [0.05, 0.1) is 12.4 Å². The molecule has 0 aliphatic heterocycles. The van der Waals surface area contributed by atoms with Crippen molar-refractivity contribution in [2.24, 2.45) is 0 Å². The van der Waals surface area contributed by atoms with Crippen LogP contribution in [0.5, 0.6) is 0 Å². The third-order valence-corrected chi connectivity index (χ3v) is 2.98. The van der Waals surface area contributed by atoms with Crippen LogP contribution in [-0.4, -0.2) is 31.3 Å². The third kappa shape index (κ3) is 4.08. The Morgan fingerprint density at radius 3 is 2.56 bits per heavy atom. The van der Waals surface area contributed by atoms with Crippen LogP contribution < -0.4 is 0 Å². The summed E-state index contributed by atoms with van der Waals surface area (Å²) in [5.74, 6) is -3.90. The molecule has 0 saturated heterocycles. The molecule has 1 aromatic rings. The Morgan fingerprint density at radius 1 is 1.44 bits per heavy atom. The zero-order valence-corrected chi connectivity index (χ0v) is 10.5. The monoisotopic (exact) mass is 276 g/mol. The van der Waals surface area contributed by atoms with Gasteiger partial charge < -0.3 is 4.74 Å². The maximum Gasteiger partial charge on any atom is 0.314 e. The summed E-state index contributed by atoms with van der Waals surface area (Å²) in [5.41, 5.74) is -0.117. The fourth-order valence-corrected chi connectivity index (χ4v) is 2.23. The standard InChI is InChI=1S/C11H13FO5S/c1-2-17-11(13)9(7-18(14,15)16)8-5-3-4-6-10(8)12/h3-6,9H,2,7H2,1H3,(H,14,15,16). The highest BCUT2D eigenvalue weighted by atomic mass is 32.2. The summed E-state index contributed by atoms with van der Waals surface area (Å²) in [4.78, 5) is 11.6. The van der Waals surface area contributed by atoms with Gasteiger partial charge in [0.1, 0.15) is 11.7 Å². The Bertz CT molecular complexity index is 526. The second-order valence-corrected chi connectivity index (χ2v) is 5.07. The first-order chi connectivity index (χ1) is 8.35. The van der Waals surface area contributed by atoms with Crippen LogP contribution in [0.15, 0.2) is 24.3 Å². The van der Waals surface area contributed by atoms with Crippen LogP contribution in [0, 0.1) is 5.82 Å². The molecular weight excluding hydrogens is 263 g/mol. The van der Waals surface area contributed by atoms with E-state index in [1.54, 1.807) is 6.92 Å². The predicted octanol–water partition coefficient (Wildman–Crippen LogP) is 1.36. The van der Waals surface area contributed by atoms with Gasteiger partial charge in [-0.1, -0.05) is 18.2 Å². The summed E-state index contributed by atoms with van der Waals surface area (Å²) >= 11 is 0. The molecule has 0 aromatic heterocycles. The third-order valence-electron chi connectivity index (χ3n) is 2.23. The van der Waals surface area contributed by atoms with Crippen molar-refractivity contribution in [3.05, 3.63) is 35.6 Å². The molecule has 1 aromatic carbocycles. The summed E-state index contributed by atoms with van der Waals surface area (Å²) in [6.45, 7) is 1.58. The molecule has 1 atom stereocenters. The predicted molar refractivity (Wildman–Crippen MR) is 62.2 cm³/mol. The van der Waals surface area contributed by atoms with Crippen LogP contribution >= 0.6 is 0 Å². The van der Waals surface area contributed by atoms with Gasteiger partial charge in [-0.25, -0.2) is 4.39 Å². The lowest BCUT2D eigenvalue weighted by atomic mass is 10.0. The molecule has 0 amide bonds. The number of benzene rings is 1. The maximum absolute atomic E-state index is 13.5. The Morgan fingerprint density at radius 2 is 2.06 bits per heavy atom. The van der Waals surface area contributed by atoms with E-state index >= 15 is 0 Å². The Hall–Kier alpha value is -1.47. The van der Waals surface area contributed by atoms with Gasteiger partial charge >= 0.3 is 5.97 Å². The number of esters is 1. The van der Waals surface area contributed by atoms with Gasteiger partial charge in [-0.3, -0.25) is 9.35 Å². The number of hydrogen-bond donors (Lipinski definition) is 1. The average molecular weight is 276 g/mol. The molecule has 0 spiro atoms. The highest BCUT2D eigenvalue weighted by Gasteiger charge is 2.29. The molecule has 18 heavy (non-hydrogen) atoms. The largest absolute Gasteiger partial charge is 0.465 e. The number of hydrogen-bond acceptors (Lipinski definition) is 4. The fourth-order valence-electron chi connectivity index (χ4n) is 1.50. The van der Waals surface area contributed by atoms with E-state index in [2.05, 4.69) is 4.74 Å². The minimum absolute atomic E-state index is 0.0370. The van der Waals surface area contributed by atoms with Crippen LogP contribution in [0.4, 0.5) is 4.39 Å². The maximum atomic E-state index is 13.5. The highest BCUT2D eigenvalue weighted by molar-refractivity contribution is 7.85. The van der Waals surface area contributed by atoms with Gasteiger partial charge in [-0.05, 0) is 13.0 Å². The van der Waals surface area contributed by atoms with Gasteiger partial charge in [-0.2, -0.15) is 8.42 Å². The van der Waals surface area contributed by atoms with Gasteiger partial charge in [0, 0.05) is 5.56 Å². The molecule has 0 radical (unpaired) electrons. The van der Waals surface area contributed by atoms with Crippen molar-refractivity contribution in [2.45, 2.75) is 12.8 Å². The number of halogens is 1. The summed E-state index contributed by atoms with van der Waals surface area (Å²) in [6, 6.07) is 5.26. The Labute approximate surface area is 104 Å². The van der Waals surface area contributed by atoms with Crippen molar-refractivity contribution in [2.75, 3.05) is 12.4 Å². The van der Waals surface area contributed by atoms with E-state index in [0.717, 1.165) is 6.07 Å². The summed E-state index contributed by atoms with van der Waals surface area (Å²) in [5, 5.41) is 0. The van der Waals surface area contributed by atoms with Gasteiger partial charge in [0.15, 0.2) is 0 Å². The molecule has 1 rings (SSSR count). The lowest BCUT2D eigenvalue weighted by Gasteiger charge is -2.14. The molecule has 0 saturated carbocycles. The van der Waals surface area contributed by atoms with E-state index in [-0.39, 0.29) is 12.2 Å². The minimum atomic E-state index is -4.42. The lowest BCUT2D eigenvalue weighted by Crippen LogP contribution is -2.24. The van der Waals surface area contributed by atoms with E-state index in [9.17, 15) is 17.6 Å². The van der Waals surface area contributed by atoms with Crippen molar-refractivity contribution in [1.29, 1.82) is 0 Å². The summed E-state index contributed by atoms with van der Waals surface area (Å²) in [6.07, 6.45) is 0. The van der Waals surface area contributed by atoms with Gasteiger partial charge in [0.25, 0.3) is 10.1 Å². The minimum Gasteiger partial charge on any atom is -0.465 e. The molecule has 0 aliphatic rings. The van der Waals surface area contributed by atoms with E-state index in [4.69, 9.17) is 4.55 Å². The van der Waals surface area contributed by atoms with E-state index in [1.165, 1.54) is 18.2 Å². The topological polar surface area (TPSA) is 80.7 Å². The molecule has 0 aliphatic carbocycles. The molecule has 100 valence electrons. The first-order valence-corrected chi connectivity index (χ1v) is 6.82. The van der Waals surface area contributed by atoms with Gasteiger partial charge in [0.2, 0.25) is 0 Å². The van der Waals surface area contributed by atoms with E-state index in [1.807, 2.05) is 0 Å². The van der Waals surface area contributed by atoms with Crippen LogP contribution in [0.3, 0.4) is 0 Å². The normalized spacial score (nSPS) is 13.1. The molecule has 5 nitrogen and oxygen atoms in total. The number of carbonyl (C=O) groups excluding carboxylic acids is 1. The van der Waals surface area contributed by atoms with Crippen molar-refractivity contribution in [3.8, 4) is 0 Å². The SMILES string of the molecule is CCOC(=O)C(CS(=O)(=O)O)c1ccccc1F. The first kappa shape index (κ1) is 14.6. The molecular formula is C11H13FO5S. The van der Waals surface area contributed by atoms with Crippen LogP contribution in [0.25, 0.3) is 0 Å². The zero-order chi connectivity index (χ0) is 13.8. The first-order valence-electron chi connectivity index (χ1n) is 5.21. The quantitative estimate of drug-likeness (QED) is 0.648. The molecule has 0 bridgehead atoms. The molecule has 7 heteroatoms. The average Bonchev–Trinajstić information content (AvgIpc) is 2.26. The van der Waals surface area contributed by atoms with Gasteiger partial charge in [-0.15, -0.1) is 0 Å². The molecule has 1 unspecified atom stereocenters. The number of rotatable bonds is 5. The zero-order valence-electron chi connectivity index (χ0n) is 9.67. The molecule has 0 heterocycles. The summed E-state index contributed by atoms with van der Waals surface area (Å²) in [7, 11) is -4.42. The van der Waals surface area contributed by atoms with Crippen LogP contribution in [0.1, 0.15) is 18.4 Å². The lowest BCUT2D eigenvalue weighted by molar-refractivity contribution is -0.144. The fraction of sp³-hybridized carbons (Fsp3) is 0.364.